The molecule has 0 fully saturated rings. The fraction of sp³-hybridized carbons (Fsp3) is 0.375. The normalized spacial score (nSPS) is 11.0. The zero-order valence-corrected chi connectivity index (χ0v) is 16.7. The van der Waals surface area contributed by atoms with E-state index in [0.717, 1.165) is 11.1 Å². The Balaban J connectivity index is 0.00000441. The molecule has 0 aliphatic carbocycles. The maximum absolute atomic E-state index is 12.2. The van der Waals surface area contributed by atoms with E-state index >= 15 is 0 Å². The average Bonchev–Trinajstić information content (AvgIpc) is 2.46. The molecule has 0 radical (unpaired) electrons. The van der Waals surface area contributed by atoms with Gasteiger partial charge in [0.05, 0.1) is 12.7 Å². The number of urea groups is 1. The van der Waals surface area contributed by atoms with Crippen LogP contribution in [-0.4, -0.2) is 31.1 Å². The molecule has 0 spiro atoms. The molecule has 0 heterocycles. The fourth-order valence-corrected chi connectivity index (χ4v) is 1.78. The first-order valence-electron chi connectivity index (χ1n) is 6.57. The van der Waals surface area contributed by atoms with Crippen molar-refractivity contribution in [2.45, 2.75) is 27.7 Å². The number of amides is 2. The van der Waals surface area contributed by atoms with Crippen LogP contribution in [0.1, 0.15) is 25.0 Å². The molecular weight excluding hydrogens is 452 g/mol. The first-order valence-corrected chi connectivity index (χ1v) is 6.57. The van der Waals surface area contributed by atoms with E-state index in [-0.39, 0.29) is 27.1 Å². The van der Waals surface area contributed by atoms with Crippen molar-refractivity contribution in [2.24, 2.45) is 0 Å². The molecule has 0 unspecified atom stereocenters. The van der Waals surface area contributed by atoms with Gasteiger partial charge in [0.15, 0.2) is 0 Å². The molecule has 1 N–H and O–H groups in total. The second-order valence-electron chi connectivity index (χ2n) is 4.90. The maximum Gasteiger partial charge on any atom is 0.335 e. The summed E-state index contributed by atoms with van der Waals surface area (Å²) < 4.78 is 4.65. The number of aryl methyl sites for hydroxylation is 2. The SMILES string of the molecule is COC(=O)/C(C)=C(/C)N(C)C(=O)Nc1c[c-]c(C)cc1C.[W]. The van der Waals surface area contributed by atoms with Gasteiger partial charge in [-0.25, -0.2) is 9.59 Å². The van der Waals surface area contributed by atoms with Crippen molar-refractivity contribution < 1.29 is 35.4 Å². The van der Waals surface area contributed by atoms with Crippen LogP contribution >= 0.6 is 0 Å². The molecule has 5 nitrogen and oxygen atoms in total. The van der Waals surface area contributed by atoms with E-state index < -0.39 is 5.97 Å². The van der Waals surface area contributed by atoms with E-state index in [9.17, 15) is 9.59 Å². The number of rotatable bonds is 3. The van der Waals surface area contributed by atoms with Crippen molar-refractivity contribution in [1.82, 2.24) is 4.90 Å². The zero-order valence-electron chi connectivity index (χ0n) is 13.7. The second-order valence-corrected chi connectivity index (χ2v) is 4.90. The van der Waals surface area contributed by atoms with Gasteiger partial charge in [0.1, 0.15) is 0 Å². The Bertz CT molecular complexity index is 597. The predicted octanol–water partition coefficient (Wildman–Crippen LogP) is 3.03. The summed E-state index contributed by atoms with van der Waals surface area (Å²) in [6.07, 6.45) is 0. The molecule has 1 rings (SSSR count). The molecule has 6 heteroatoms. The summed E-state index contributed by atoms with van der Waals surface area (Å²) in [7, 11) is 2.91. The van der Waals surface area contributed by atoms with Gasteiger partial charge in [-0.15, -0.1) is 5.56 Å². The number of methoxy groups -OCH3 is 1. The van der Waals surface area contributed by atoms with Crippen LogP contribution in [-0.2, 0) is 30.6 Å². The molecule has 0 saturated heterocycles. The van der Waals surface area contributed by atoms with Crippen LogP contribution < -0.4 is 5.32 Å². The van der Waals surface area contributed by atoms with Crippen molar-refractivity contribution in [3.8, 4) is 0 Å². The third-order valence-corrected chi connectivity index (χ3v) is 3.39. The maximum atomic E-state index is 12.2. The van der Waals surface area contributed by atoms with E-state index in [1.807, 2.05) is 19.9 Å². The molecule has 0 aliphatic heterocycles. The summed E-state index contributed by atoms with van der Waals surface area (Å²) in [5.74, 6) is -0.452. The first-order chi connectivity index (χ1) is 9.77. The van der Waals surface area contributed by atoms with E-state index in [1.165, 1.54) is 12.0 Å². The Hall–Kier alpha value is -1.61. The van der Waals surface area contributed by atoms with Gasteiger partial charge < -0.3 is 15.0 Å². The monoisotopic (exact) mass is 473 g/mol. The summed E-state index contributed by atoms with van der Waals surface area (Å²) in [5.41, 5.74) is 3.59. The number of nitrogens with one attached hydrogen (secondary N) is 1. The smallest absolute Gasteiger partial charge is 0.335 e. The molecule has 22 heavy (non-hydrogen) atoms. The van der Waals surface area contributed by atoms with Gasteiger partial charge in [0, 0.05) is 33.8 Å². The van der Waals surface area contributed by atoms with E-state index in [1.54, 1.807) is 27.0 Å². The molecule has 0 atom stereocenters. The number of allylic oxidation sites excluding steroid dienone is 1. The molecule has 1 aromatic rings. The minimum Gasteiger partial charge on any atom is -0.466 e. The van der Waals surface area contributed by atoms with E-state index in [4.69, 9.17) is 0 Å². The zero-order chi connectivity index (χ0) is 16.2. The summed E-state index contributed by atoms with van der Waals surface area (Å²) in [4.78, 5) is 25.1. The molecule has 0 saturated carbocycles. The van der Waals surface area contributed by atoms with Gasteiger partial charge >= 0.3 is 12.0 Å². The number of benzene rings is 1. The Morgan fingerprint density at radius 1 is 1.27 bits per heavy atom. The van der Waals surface area contributed by atoms with Gasteiger partial charge in [-0.2, -0.15) is 23.8 Å². The number of carbonyl (C=O) groups excluding carboxylic acids is 2. The third-order valence-electron chi connectivity index (χ3n) is 3.39. The van der Waals surface area contributed by atoms with E-state index in [0.29, 0.717) is 17.0 Å². The second kappa shape index (κ2) is 8.74. The molecule has 1 aromatic carbocycles. The number of hydrogen-bond acceptors (Lipinski definition) is 3. The Morgan fingerprint density at radius 3 is 2.36 bits per heavy atom. The van der Waals surface area contributed by atoms with Crippen LogP contribution in [0.5, 0.6) is 0 Å². The van der Waals surface area contributed by atoms with Crippen molar-refractivity contribution >= 4 is 17.7 Å². The summed E-state index contributed by atoms with van der Waals surface area (Å²) in [6, 6.07) is 6.40. The quantitative estimate of drug-likeness (QED) is 0.418. The first kappa shape index (κ1) is 20.4. The summed E-state index contributed by atoms with van der Waals surface area (Å²) >= 11 is 0. The number of hydrogen-bond donors (Lipinski definition) is 1. The number of esters is 1. The molecule has 2 amide bonds. The van der Waals surface area contributed by atoms with Crippen molar-refractivity contribution in [2.75, 3.05) is 19.5 Å². The van der Waals surface area contributed by atoms with Crippen LogP contribution in [0.4, 0.5) is 10.5 Å². The van der Waals surface area contributed by atoms with Crippen molar-refractivity contribution in [3.05, 3.63) is 40.6 Å². The fourth-order valence-electron chi connectivity index (χ4n) is 1.78. The minimum atomic E-state index is -0.452. The number of ether oxygens (including phenoxy) is 1. The summed E-state index contributed by atoms with van der Waals surface area (Å²) in [5, 5.41) is 2.80. The Morgan fingerprint density at radius 2 is 1.86 bits per heavy atom. The van der Waals surface area contributed by atoms with Crippen LogP contribution in [0, 0.1) is 19.9 Å². The van der Waals surface area contributed by atoms with E-state index in [2.05, 4.69) is 16.1 Å². The Labute approximate surface area is 146 Å². The molecule has 0 bridgehead atoms. The van der Waals surface area contributed by atoms with Crippen LogP contribution in [0.15, 0.2) is 23.4 Å². The number of nitrogens with zero attached hydrogens (tertiary/aromatic N) is 1. The van der Waals surface area contributed by atoms with Crippen molar-refractivity contribution in [1.29, 1.82) is 0 Å². The molecule has 120 valence electrons. The third kappa shape index (κ3) is 4.99. The minimum absolute atomic E-state index is 0. The standard InChI is InChI=1S/C16H21N2O3.W/c1-10-7-8-14(11(2)9-10)17-16(20)18(5)13(4)12(3)15(19)21-6;/h8-9H,1-6H3,(H,17,20);/q-1;/b13-12-;. The van der Waals surface area contributed by atoms with Crippen LogP contribution in [0.2, 0.25) is 0 Å². The van der Waals surface area contributed by atoms with Gasteiger partial charge in [-0.3, -0.25) is 0 Å². The van der Waals surface area contributed by atoms with Crippen molar-refractivity contribution in [3.63, 3.8) is 0 Å². The van der Waals surface area contributed by atoms with Gasteiger partial charge in [-0.05, 0) is 13.8 Å². The number of carbonyl (C=O) groups is 2. The average molecular weight is 473 g/mol. The molecular formula is C16H21N2O3W-. The topological polar surface area (TPSA) is 58.6 Å². The summed E-state index contributed by atoms with van der Waals surface area (Å²) in [6.45, 7) is 7.17. The van der Waals surface area contributed by atoms with Crippen LogP contribution in [0.25, 0.3) is 0 Å². The Kier molecular flexibility index (Phi) is 8.10. The largest absolute Gasteiger partial charge is 0.466 e. The molecule has 0 aromatic heterocycles. The predicted molar refractivity (Wildman–Crippen MR) is 81.9 cm³/mol. The van der Waals surface area contributed by atoms with Gasteiger partial charge in [-0.1, -0.05) is 19.5 Å². The number of anilines is 1. The molecule has 0 aliphatic rings. The van der Waals surface area contributed by atoms with Gasteiger partial charge in [0.25, 0.3) is 0 Å². The van der Waals surface area contributed by atoms with Gasteiger partial charge in [0.2, 0.25) is 0 Å². The van der Waals surface area contributed by atoms with Crippen LogP contribution in [0.3, 0.4) is 0 Å².